The van der Waals surface area contributed by atoms with Gasteiger partial charge in [-0.05, 0) is 50.2 Å². The van der Waals surface area contributed by atoms with Crippen LogP contribution in [0.4, 0.5) is 5.82 Å². The van der Waals surface area contributed by atoms with Crippen molar-refractivity contribution in [2.75, 3.05) is 24.5 Å². The van der Waals surface area contributed by atoms with Gasteiger partial charge in [0.05, 0.1) is 0 Å². The second-order valence-corrected chi connectivity index (χ2v) is 8.46. The fourth-order valence-electron chi connectivity index (χ4n) is 4.85. The predicted octanol–water partition coefficient (Wildman–Crippen LogP) is 2.87. The van der Waals surface area contributed by atoms with E-state index in [1.165, 1.54) is 19.3 Å². The molecule has 28 heavy (non-hydrogen) atoms. The van der Waals surface area contributed by atoms with Gasteiger partial charge in [0.25, 0.3) is 0 Å². The van der Waals surface area contributed by atoms with Gasteiger partial charge in [-0.2, -0.15) is 0 Å². The molecule has 3 fully saturated rings. The molecule has 6 nitrogen and oxygen atoms in total. The van der Waals surface area contributed by atoms with Gasteiger partial charge < -0.3 is 15.1 Å². The number of anilines is 1. The number of nitrogens with one attached hydrogen (secondary N) is 1. The Hall–Kier alpha value is -2.11. The van der Waals surface area contributed by atoms with Gasteiger partial charge in [0.15, 0.2) is 0 Å². The van der Waals surface area contributed by atoms with Gasteiger partial charge in [0.2, 0.25) is 11.8 Å². The second-order valence-electron chi connectivity index (χ2n) is 8.46. The molecule has 0 aromatic carbocycles. The smallest absolute Gasteiger partial charge is 0.243 e. The first-order valence-electron chi connectivity index (χ1n) is 11.0. The van der Waals surface area contributed by atoms with E-state index >= 15 is 0 Å². The number of amides is 2. The van der Waals surface area contributed by atoms with Crippen molar-refractivity contribution in [3.63, 3.8) is 0 Å². The molecule has 0 radical (unpaired) electrons. The molecule has 0 bridgehead atoms. The van der Waals surface area contributed by atoms with Crippen LogP contribution in [0, 0.1) is 5.92 Å². The highest BCUT2D eigenvalue weighted by molar-refractivity contribution is 5.89. The van der Waals surface area contributed by atoms with Crippen molar-refractivity contribution < 1.29 is 9.59 Å². The number of carbonyl (C=O) groups is 2. The highest BCUT2D eigenvalue weighted by Crippen LogP contribution is 2.29. The van der Waals surface area contributed by atoms with E-state index in [-0.39, 0.29) is 23.8 Å². The van der Waals surface area contributed by atoms with Crippen LogP contribution in [-0.4, -0.2) is 47.4 Å². The molecule has 1 saturated carbocycles. The summed E-state index contributed by atoms with van der Waals surface area (Å²) in [7, 11) is 0. The Morgan fingerprint density at radius 1 is 0.964 bits per heavy atom. The molecule has 3 aliphatic rings. The molecule has 1 aromatic heterocycles. The van der Waals surface area contributed by atoms with E-state index in [0.717, 1.165) is 69.5 Å². The minimum atomic E-state index is -0.300. The molecule has 1 aliphatic carbocycles. The average molecular weight is 385 g/mol. The first-order chi connectivity index (χ1) is 13.7. The summed E-state index contributed by atoms with van der Waals surface area (Å²) in [5.41, 5.74) is 0.999. The van der Waals surface area contributed by atoms with E-state index in [4.69, 9.17) is 0 Å². The Labute approximate surface area is 167 Å². The molecule has 1 N–H and O–H groups in total. The molecular formula is C22H32N4O2. The summed E-state index contributed by atoms with van der Waals surface area (Å²) in [5.74, 6) is 1.33. The van der Waals surface area contributed by atoms with Crippen LogP contribution in [0.5, 0.6) is 0 Å². The molecule has 3 heterocycles. The van der Waals surface area contributed by atoms with Crippen LogP contribution in [0.3, 0.4) is 0 Å². The lowest BCUT2D eigenvalue weighted by molar-refractivity contribution is -0.142. The van der Waals surface area contributed by atoms with Crippen LogP contribution in [-0.2, 0) is 16.1 Å². The molecule has 152 valence electrons. The quantitative estimate of drug-likeness (QED) is 0.848. The van der Waals surface area contributed by atoms with Crippen LogP contribution in [0.1, 0.15) is 63.4 Å². The van der Waals surface area contributed by atoms with Gasteiger partial charge in [-0.25, -0.2) is 4.98 Å². The van der Waals surface area contributed by atoms with E-state index in [1.807, 2.05) is 23.2 Å². The Bertz CT molecular complexity index is 678. The maximum atomic E-state index is 12.9. The van der Waals surface area contributed by atoms with Crippen molar-refractivity contribution in [2.45, 2.75) is 70.4 Å². The minimum absolute atomic E-state index is 0.0229. The lowest BCUT2D eigenvalue weighted by atomic mass is 9.88. The number of aromatic nitrogens is 1. The molecule has 1 unspecified atom stereocenters. The van der Waals surface area contributed by atoms with E-state index in [9.17, 15) is 9.59 Å². The Morgan fingerprint density at radius 3 is 2.46 bits per heavy atom. The van der Waals surface area contributed by atoms with Crippen molar-refractivity contribution >= 4 is 17.6 Å². The maximum Gasteiger partial charge on any atom is 0.243 e. The lowest BCUT2D eigenvalue weighted by Gasteiger charge is -2.30. The molecule has 4 rings (SSSR count). The van der Waals surface area contributed by atoms with Crippen molar-refractivity contribution in [3.05, 3.63) is 23.9 Å². The summed E-state index contributed by atoms with van der Waals surface area (Å²) >= 11 is 0. The second kappa shape index (κ2) is 8.93. The Morgan fingerprint density at radius 2 is 1.75 bits per heavy atom. The predicted molar refractivity (Wildman–Crippen MR) is 109 cm³/mol. The number of likely N-dealkylation sites (tertiary alicyclic amines) is 1. The third kappa shape index (κ3) is 4.31. The summed E-state index contributed by atoms with van der Waals surface area (Å²) < 4.78 is 0. The summed E-state index contributed by atoms with van der Waals surface area (Å²) in [4.78, 5) is 34.3. The zero-order chi connectivity index (χ0) is 19.3. The molecule has 0 spiro atoms. The van der Waals surface area contributed by atoms with Gasteiger partial charge in [0.1, 0.15) is 11.9 Å². The summed E-state index contributed by atoms with van der Waals surface area (Å²) in [5, 5.41) is 3.03. The molecule has 2 saturated heterocycles. The molecule has 1 aromatic rings. The zero-order valence-corrected chi connectivity index (χ0v) is 16.7. The van der Waals surface area contributed by atoms with Crippen LogP contribution < -0.4 is 10.2 Å². The van der Waals surface area contributed by atoms with E-state index in [2.05, 4.69) is 15.2 Å². The summed E-state index contributed by atoms with van der Waals surface area (Å²) in [6, 6.07) is 3.79. The van der Waals surface area contributed by atoms with Crippen molar-refractivity contribution in [2.24, 2.45) is 5.92 Å². The first-order valence-corrected chi connectivity index (χ1v) is 11.0. The molecule has 2 aliphatic heterocycles. The van der Waals surface area contributed by atoms with Crippen LogP contribution in [0.25, 0.3) is 0 Å². The van der Waals surface area contributed by atoms with E-state index < -0.39 is 0 Å². The highest BCUT2D eigenvalue weighted by atomic mass is 16.2. The van der Waals surface area contributed by atoms with Crippen LogP contribution in [0.2, 0.25) is 0 Å². The number of pyridine rings is 1. The van der Waals surface area contributed by atoms with Crippen LogP contribution in [0.15, 0.2) is 18.3 Å². The molecular weight excluding hydrogens is 352 g/mol. The molecule has 6 heteroatoms. The standard InChI is InChI=1S/C22H32N4O2/c27-21(19-9-6-14-26(19)22(28)18-7-2-1-3-8-18)24-16-17-10-11-20(23-15-17)25-12-4-5-13-25/h10-11,15,18-19H,1-9,12-14,16H2,(H,24,27). The minimum Gasteiger partial charge on any atom is -0.357 e. The average Bonchev–Trinajstić information content (AvgIpc) is 3.45. The SMILES string of the molecule is O=C(NCc1ccc(N2CCCC2)nc1)C1CCCN1C(=O)C1CCCCC1. The summed E-state index contributed by atoms with van der Waals surface area (Å²) in [6.45, 7) is 3.35. The monoisotopic (exact) mass is 384 g/mol. The van der Waals surface area contributed by atoms with Gasteiger partial charge in [-0.3, -0.25) is 9.59 Å². The van der Waals surface area contributed by atoms with Crippen molar-refractivity contribution in [3.8, 4) is 0 Å². The zero-order valence-electron chi connectivity index (χ0n) is 16.7. The molecule has 1 atom stereocenters. The van der Waals surface area contributed by atoms with Crippen molar-refractivity contribution in [1.29, 1.82) is 0 Å². The van der Waals surface area contributed by atoms with Gasteiger partial charge >= 0.3 is 0 Å². The van der Waals surface area contributed by atoms with Gasteiger partial charge in [-0.1, -0.05) is 25.3 Å². The maximum absolute atomic E-state index is 12.9. The number of rotatable bonds is 5. The normalized spacial score (nSPS) is 23.2. The van der Waals surface area contributed by atoms with Gasteiger partial charge in [0, 0.05) is 38.3 Å². The number of hydrogen-bond donors (Lipinski definition) is 1. The van der Waals surface area contributed by atoms with E-state index in [1.54, 1.807) is 0 Å². The third-order valence-corrected chi connectivity index (χ3v) is 6.50. The van der Waals surface area contributed by atoms with Gasteiger partial charge in [-0.15, -0.1) is 0 Å². The fraction of sp³-hybridized carbons (Fsp3) is 0.682. The van der Waals surface area contributed by atoms with E-state index in [0.29, 0.717) is 6.54 Å². The topological polar surface area (TPSA) is 65.5 Å². The number of carbonyl (C=O) groups excluding carboxylic acids is 2. The van der Waals surface area contributed by atoms with Crippen molar-refractivity contribution in [1.82, 2.24) is 15.2 Å². The Balaban J connectivity index is 1.30. The number of nitrogens with zero attached hydrogens (tertiary/aromatic N) is 3. The van der Waals surface area contributed by atoms with Crippen LogP contribution >= 0.6 is 0 Å². The summed E-state index contributed by atoms with van der Waals surface area (Å²) in [6.07, 6.45) is 11.5. The lowest BCUT2D eigenvalue weighted by Crippen LogP contribution is -2.48. The highest BCUT2D eigenvalue weighted by Gasteiger charge is 2.37. The molecule has 2 amide bonds. The fourth-order valence-corrected chi connectivity index (χ4v) is 4.85. The third-order valence-electron chi connectivity index (χ3n) is 6.50. The largest absolute Gasteiger partial charge is 0.357 e. The first kappa shape index (κ1) is 19.2. The number of hydrogen-bond acceptors (Lipinski definition) is 4. The Kier molecular flexibility index (Phi) is 6.13.